The number of carbonyl (C=O) groups excluding carboxylic acids is 1. The lowest BCUT2D eigenvalue weighted by molar-refractivity contribution is 0.0324. The molecule has 0 amide bonds. The molecule has 2 atom stereocenters. The Labute approximate surface area is 124 Å². The number of sulfone groups is 1. The minimum absolute atomic E-state index is 0.271. The number of esters is 1. The highest BCUT2D eigenvalue weighted by Crippen LogP contribution is 2.29. The van der Waals surface area contributed by atoms with Crippen molar-refractivity contribution in [2.75, 3.05) is 6.26 Å². The molecule has 0 radical (unpaired) electrons. The highest BCUT2D eigenvalue weighted by atomic mass is 32.2. The Morgan fingerprint density at radius 3 is 2.55 bits per heavy atom. The van der Waals surface area contributed by atoms with Crippen LogP contribution in [0.5, 0.6) is 0 Å². The molecule has 2 rings (SSSR count). The van der Waals surface area contributed by atoms with Gasteiger partial charge in [-0.05, 0) is 30.9 Å². The monoisotopic (exact) mass is 316 g/mol. The molecule has 0 spiro atoms. The van der Waals surface area contributed by atoms with Gasteiger partial charge in [-0.1, -0.05) is 13.8 Å². The highest BCUT2D eigenvalue weighted by molar-refractivity contribution is 7.91. The molecular formula is C14H20O4S2. The molecule has 1 aromatic rings. The zero-order chi connectivity index (χ0) is 14.9. The van der Waals surface area contributed by atoms with E-state index in [0.717, 1.165) is 4.88 Å². The third-order valence-corrected chi connectivity index (χ3v) is 6.62. The molecule has 1 aliphatic carbocycles. The Hall–Kier alpha value is -0.880. The van der Waals surface area contributed by atoms with Crippen molar-refractivity contribution in [3.63, 3.8) is 0 Å². The lowest BCUT2D eigenvalue weighted by atomic mass is 10.2. The van der Waals surface area contributed by atoms with E-state index in [4.69, 9.17) is 4.74 Å². The first-order chi connectivity index (χ1) is 9.27. The molecular weight excluding hydrogens is 296 g/mol. The van der Waals surface area contributed by atoms with Crippen LogP contribution in [0.25, 0.3) is 0 Å². The van der Waals surface area contributed by atoms with Crippen LogP contribution >= 0.6 is 11.3 Å². The number of thiophene rings is 1. The molecule has 0 unspecified atom stereocenters. The average Bonchev–Trinajstić information content (AvgIpc) is 2.95. The lowest BCUT2D eigenvalue weighted by Gasteiger charge is -2.11. The number of rotatable bonds is 4. The van der Waals surface area contributed by atoms with Crippen molar-refractivity contribution < 1.29 is 17.9 Å². The van der Waals surface area contributed by atoms with E-state index in [1.165, 1.54) is 17.6 Å². The van der Waals surface area contributed by atoms with Crippen molar-refractivity contribution in [3.05, 3.63) is 21.9 Å². The summed E-state index contributed by atoms with van der Waals surface area (Å²) in [5, 5.41) is -0.366. The second-order valence-corrected chi connectivity index (χ2v) is 9.09. The maximum atomic E-state index is 12.0. The van der Waals surface area contributed by atoms with Crippen molar-refractivity contribution in [1.29, 1.82) is 0 Å². The van der Waals surface area contributed by atoms with Gasteiger partial charge in [0.1, 0.15) is 20.8 Å². The summed E-state index contributed by atoms with van der Waals surface area (Å²) >= 11 is 1.45. The number of carbonyl (C=O) groups is 1. The zero-order valence-electron chi connectivity index (χ0n) is 12.0. The van der Waals surface area contributed by atoms with Gasteiger partial charge in [0.15, 0.2) is 0 Å². The van der Waals surface area contributed by atoms with Crippen molar-refractivity contribution in [2.45, 2.75) is 50.4 Å². The fourth-order valence-electron chi connectivity index (χ4n) is 2.38. The smallest absolute Gasteiger partial charge is 0.348 e. The summed E-state index contributed by atoms with van der Waals surface area (Å²) < 4.78 is 28.4. The summed E-state index contributed by atoms with van der Waals surface area (Å²) in [6.07, 6.45) is 2.61. The van der Waals surface area contributed by atoms with E-state index in [-0.39, 0.29) is 17.3 Å². The van der Waals surface area contributed by atoms with Crippen LogP contribution in [-0.2, 0) is 14.6 Å². The molecule has 1 fully saturated rings. The van der Waals surface area contributed by atoms with E-state index < -0.39 is 9.84 Å². The van der Waals surface area contributed by atoms with Crippen molar-refractivity contribution >= 4 is 27.1 Å². The Morgan fingerprint density at radius 1 is 1.35 bits per heavy atom. The van der Waals surface area contributed by atoms with Gasteiger partial charge in [-0.3, -0.25) is 0 Å². The van der Waals surface area contributed by atoms with Gasteiger partial charge in [0.2, 0.25) is 0 Å². The third kappa shape index (κ3) is 3.61. The van der Waals surface area contributed by atoms with Gasteiger partial charge in [0.05, 0.1) is 5.25 Å². The standard InChI is InChI=1S/C14H20O4S2/c1-9(2)12-6-7-13(19-12)14(15)18-10-4-5-11(8-10)20(3,16)17/h6-7,9-11H,4-5,8H2,1-3H3/t10-,11+/m1/s1. The summed E-state index contributed by atoms with van der Waals surface area (Å²) in [4.78, 5) is 13.8. The maximum absolute atomic E-state index is 12.0. The number of hydrogen-bond acceptors (Lipinski definition) is 5. The Bertz CT molecular complexity index is 586. The molecule has 112 valence electrons. The molecule has 0 aromatic carbocycles. The Morgan fingerprint density at radius 2 is 2.05 bits per heavy atom. The van der Waals surface area contributed by atoms with Gasteiger partial charge < -0.3 is 4.74 Å². The van der Waals surface area contributed by atoms with E-state index in [2.05, 4.69) is 13.8 Å². The number of ether oxygens (including phenoxy) is 1. The number of hydrogen-bond donors (Lipinski definition) is 0. The van der Waals surface area contributed by atoms with Gasteiger partial charge in [0, 0.05) is 17.6 Å². The molecule has 0 bridgehead atoms. The van der Waals surface area contributed by atoms with Crippen LogP contribution in [-0.4, -0.2) is 32.0 Å². The van der Waals surface area contributed by atoms with E-state index in [1.807, 2.05) is 6.07 Å². The minimum atomic E-state index is -3.03. The highest BCUT2D eigenvalue weighted by Gasteiger charge is 2.34. The van der Waals surface area contributed by atoms with Crippen LogP contribution in [0.15, 0.2) is 12.1 Å². The average molecular weight is 316 g/mol. The predicted octanol–water partition coefficient (Wildman–Crippen LogP) is 2.99. The van der Waals surface area contributed by atoms with Crippen LogP contribution in [0.3, 0.4) is 0 Å². The molecule has 1 saturated carbocycles. The van der Waals surface area contributed by atoms with Crippen molar-refractivity contribution in [1.82, 2.24) is 0 Å². The summed E-state index contributed by atoms with van der Waals surface area (Å²) in [5.41, 5.74) is 0. The lowest BCUT2D eigenvalue weighted by Crippen LogP contribution is -2.19. The Kier molecular flexibility index (Phi) is 4.54. The summed E-state index contributed by atoms with van der Waals surface area (Å²) in [5.74, 6) is 0.0590. The molecule has 1 heterocycles. The van der Waals surface area contributed by atoms with Crippen LogP contribution in [0.4, 0.5) is 0 Å². The van der Waals surface area contributed by atoms with Gasteiger partial charge in [-0.15, -0.1) is 11.3 Å². The topological polar surface area (TPSA) is 60.4 Å². The first-order valence-electron chi connectivity index (χ1n) is 6.77. The van der Waals surface area contributed by atoms with Gasteiger partial charge >= 0.3 is 5.97 Å². The largest absolute Gasteiger partial charge is 0.458 e. The van der Waals surface area contributed by atoms with Crippen molar-refractivity contribution in [3.8, 4) is 0 Å². The summed E-state index contributed by atoms with van der Waals surface area (Å²) in [7, 11) is -3.03. The van der Waals surface area contributed by atoms with Crippen LogP contribution < -0.4 is 0 Å². The van der Waals surface area contributed by atoms with Gasteiger partial charge in [-0.25, -0.2) is 13.2 Å². The predicted molar refractivity (Wildman–Crippen MR) is 80.1 cm³/mol. The second kappa shape index (κ2) is 5.85. The first-order valence-corrected chi connectivity index (χ1v) is 9.54. The SMILES string of the molecule is CC(C)c1ccc(C(=O)O[C@@H]2CC[C@H](S(C)(=O)=O)C2)s1. The molecule has 0 saturated heterocycles. The summed E-state index contributed by atoms with van der Waals surface area (Å²) in [6.45, 7) is 4.16. The molecule has 1 aliphatic rings. The van der Waals surface area contributed by atoms with Crippen LogP contribution in [0, 0.1) is 0 Å². The van der Waals surface area contributed by atoms with Crippen LogP contribution in [0.2, 0.25) is 0 Å². The van der Waals surface area contributed by atoms with E-state index in [9.17, 15) is 13.2 Å². The fourth-order valence-corrected chi connectivity index (χ4v) is 4.40. The molecule has 20 heavy (non-hydrogen) atoms. The third-order valence-electron chi connectivity index (χ3n) is 3.61. The molecule has 4 nitrogen and oxygen atoms in total. The maximum Gasteiger partial charge on any atom is 0.348 e. The van der Waals surface area contributed by atoms with E-state index in [0.29, 0.717) is 30.1 Å². The summed E-state index contributed by atoms with van der Waals surface area (Å²) in [6, 6.07) is 3.73. The quantitative estimate of drug-likeness (QED) is 0.801. The zero-order valence-corrected chi connectivity index (χ0v) is 13.6. The molecule has 0 aliphatic heterocycles. The van der Waals surface area contributed by atoms with E-state index in [1.54, 1.807) is 6.07 Å². The van der Waals surface area contributed by atoms with E-state index >= 15 is 0 Å². The molecule has 1 aromatic heterocycles. The van der Waals surface area contributed by atoms with Gasteiger partial charge in [0.25, 0.3) is 0 Å². The fraction of sp³-hybridized carbons (Fsp3) is 0.643. The van der Waals surface area contributed by atoms with Gasteiger partial charge in [-0.2, -0.15) is 0 Å². The molecule has 0 N–H and O–H groups in total. The van der Waals surface area contributed by atoms with Crippen LogP contribution in [0.1, 0.15) is 53.6 Å². The normalized spacial score (nSPS) is 23.2. The molecule has 6 heteroatoms. The Balaban J connectivity index is 1.95. The first kappa shape index (κ1) is 15.5. The minimum Gasteiger partial charge on any atom is -0.458 e. The second-order valence-electron chi connectivity index (χ2n) is 5.65. The van der Waals surface area contributed by atoms with Crippen molar-refractivity contribution in [2.24, 2.45) is 0 Å².